The van der Waals surface area contributed by atoms with Gasteiger partial charge in [-0.25, -0.2) is 4.98 Å². The average Bonchev–Trinajstić information content (AvgIpc) is 2.86. The quantitative estimate of drug-likeness (QED) is 0.839. The monoisotopic (exact) mass is 292 g/mol. The SMILES string of the molecule is CC(C)(C)C(CC(O)c1nc2ccccc2o1)C(=O)ON. The number of aromatic nitrogens is 1. The highest BCUT2D eigenvalue weighted by atomic mass is 16.7. The van der Waals surface area contributed by atoms with Crippen molar-refractivity contribution in [2.45, 2.75) is 33.3 Å². The minimum atomic E-state index is -0.999. The van der Waals surface area contributed by atoms with E-state index in [9.17, 15) is 9.90 Å². The number of nitrogens with two attached hydrogens (primary N) is 1. The van der Waals surface area contributed by atoms with Crippen LogP contribution in [0.1, 0.15) is 39.2 Å². The number of fused-ring (bicyclic) bond motifs is 1. The highest BCUT2D eigenvalue weighted by Crippen LogP contribution is 2.35. The number of aliphatic hydroxyl groups is 1. The van der Waals surface area contributed by atoms with Crippen molar-refractivity contribution in [2.24, 2.45) is 17.2 Å². The van der Waals surface area contributed by atoms with Crippen LogP contribution in [0.15, 0.2) is 28.7 Å². The Bertz CT molecular complexity index is 597. The van der Waals surface area contributed by atoms with Gasteiger partial charge in [-0.05, 0) is 24.0 Å². The largest absolute Gasteiger partial charge is 0.438 e. The Balaban J connectivity index is 2.22. The van der Waals surface area contributed by atoms with E-state index < -0.39 is 23.4 Å². The fraction of sp³-hybridized carbons (Fsp3) is 0.467. The molecule has 0 spiro atoms. The van der Waals surface area contributed by atoms with Crippen LogP contribution in [0.2, 0.25) is 0 Å². The van der Waals surface area contributed by atoms with Gasteiger partial charge in [-0.3, -0.25) is 4.79 Å². The van der Waals surface area contributed by atoms with Gasteiger partial charge in [-0.1, -0.05) is 32.9 Å². The molecule has 114 valence electrons. The predicted octanol–water partition coefficient (Wildman–Crippen LogP) is 2.33. The molecule has 0 saturated heterocycles. The minimum Gasteiger partial charge on any atom is -0.438 e. The first-order chi connectivity index (χ1) is 9.82. The van der Waals surface area contributed by atoms with E-state index in [2.05, 4.69) is 9.82 Å². The molecule has 0 radical (unpaired) electrons. The number of carbonyl (C=O) groups excluding carboxylic acids is 1. The number of hydrogen-bond donors (Lipinski definition) is 2. The van der Waals surface area contributed by atoms with Crippen LogP contribution in [0.25, 0.3) is 11.1 Å². The predicted molar refractivity (Wildman–Crippen MR) is 76.8 cm³/mol. The summed E-state index contributed by atoms with van der Waals surface area (Å²) >= 11 is 0. The summed E-state index contributed by atoms with van der Waals surface area (Å²) in [6.45, 7) is 5.65. The lowest BCUT2D eigenvalue weighted by molar-refractivity contribution is -0.154. The van der Waals surface area contributed by atoms with Gasteiger partial charge in [0.25, 0.3) is 0 Å². The molecule has 0 aliphatic carbocycles. The molecule has 0 bridgehead atoms. The summed E-state index contributed by atoms with van der Waals surface area (Å²) < 4.78 is 5.51. The van der Waals surface area contributed by atoms with Crippen molar-refractivity contribution in [1.29, 1.82) is 0 Å². The zero-order valence-corrected chi connectivity index (χ0v) is 12.4. The number of rotatable bonds is 4. The third-order valence-electron chi connectivity index (χ3n) is 3.50. The van der Waals surface area contributed by atoms with E-state index >= 15 is 0 Å². The summed E-state index contributed by atoms with van der Waals surface area (Å²) in [4.78, 5) is 20.4. The highest BCUT2D eigenvalue weighted by Gasteiger charge is 2.35. The number of benzene rings is 1. The molecular weight excluding hydrogens is 272 g/mol. The Labute approximate surface area is 122 Å². The van der Waals surface area contributed by atoms with Crippen LogP contribution in [0.3, 0.4) is 0 Å². The van der Waals surface area contributed by atoms with E-state index in [1.807, 2.05) is 32.9 Å². The summed E-state index contributed by atoms with van der Waals surface area (Å²) in [5.74, 6) is 4.04. The maximum atomic E-state index is 11.8. The lowest BCUT2D eigenvalue weighted by atomic mass is 9.77. The van der Waals surface area contributed by atoms with Crippen molar-refractivity contribution in [2.75, 3.05) is 0 Å². The standard InChI is InChI=1S/C15H20N2O4/c1-15(2,3)9(14(19)21-16)8-11(18)13-17-10-6-4-5-7-12(10)20-13/h4-7,9,11,18H,8,16H2,1-3H3. The van der Waals surface area contributed by atoms with Gasteiger partial charge in [-0.2, -0.15) is 5.90 Å². The normalized spacial score (nSPS) is 14.9. The molecule has 3 N–H and O–H groups in total. The number of aliphatic hydroxyl groups excluding tert-OH is 1. The lowest BCUT2D eigenvalue weighted by Crippen LogP contribution is -2.33. The molecular formula is C15H20N2O4. The third kappa shape index (κ3) is 3.40. The Hall–Kier alpha value is -1.92. The van der Waals surface area contributed by atoms with Crippen LogP contribution in [-0.2, 0) is 9.63 Å². The van der Waals surface area contributed by atoms with Gasteiger partial charge in [0.05, 0.1) is 5.92 Å². The van der Waals surface area contributed by atoms with Gasteiger partial charge >= 0.3 is 5.97 Å². The van der Waals surface area contributed by atoms with Crippen molar-refractivity contribution in [1.82, 2.24) is 4.98 Å². The van der Waals surface area contributed by atoms with Gasteiger partial charge in [0.1, 0.15) is 11.6 Å². The highest BCUT2D eigenvalue weighted by molar-refractivity contribution is 5.73. The Kier molecular flexibility index (Phi) is 4.29. The second-order valence-corrected chi connectivity index (χ2v) is 6.13. The molecule has 1 aromatic carbocycles. The van der Waals surface area contributed by atoms with Crippen molar-refractivity contribution in [3.8, 4) is 0 Å². The van der Waals surface area contributed by atoms with Gasteiger partial charge in [0, 0.05) is 0 Å². The van der Waals surface area contributed by atoms with Gasteiger partial charge in [-0.15, -0.1) is 0 Å². The first-order valence-electron chi connectivity index (χ1n) is 6.77. The second-order valence-electron chi connectivity index (χ2n) is 6.13. The molecule has 0 amide bonds. The van der Waals surface area contributed by atoms with Crippen LogP contribution in [0, 0.1) is 11.3 Å². The molecule has 2 atom stereocenters. The van der Waals surface area contributed by atoms with Crippen molar-refractivity contribution in [3.63, 3.8) is 0 Å². The first kappa shape index (κ1) is 15.5. The molecule has 21 heavy (non-hydrogen) atoms. The van der Waals surface area contributed by atoms with E-state index in [4.69, 9.17) is 10.3 Å². The van der Waals surface area contributed by atoms with Crippen LogP contribution in [-0.4, -0.2) is 16.1 Å². The molecule has 0 fully saturated rings. The number of carbonyl (C=O) groups is 1. The molecule has 2 aromatic rings. The van der Waals surface area contributed by atoms with Crippen LogP contribution in [0.4, 0.5) is 0 Å². The molecule has 2 rings (SSSR count). The Morgan fingerprint density at radius 3 is 2.67 bits per heavy atom. The average molecular weight is 292 g/mol. The molecule has 1 aromatic heterocycles. The van der Waals surface area contributed by atoms with Gasteiger partial charge in [0.15, 0.2) is 5.58 Å². The summed E-state index contributed by atoms with van der Waals surface area (Å²) in [5.41, 5.74) is 0.865. The molecule has 6 heteroatoms. The molecule has 0 aliphatic heterocycles. The van der Waals surface area contributed by atoms with E-state index in [0.29, 0.717) is 11.1 Å². The molecule has 0 saturated carbocycles. The maximum absolute atomic E-state index is 11.8. The van der Waals surface area contributed by atoms with E-state index in [1.54, 1.807) is 12.1 Å². The number of para-hydroxylation sites is 2. The molecule has 0 aliphatic rings. The smallest absolute Gasteiger partial charge is 0.328 e. The fourth-order valence-electron chi connectivity index (χ4n) is 2.24. The van der Waals surface area contributed by atoms with Crippen molar-refractivity contribution >= 4 is 17.1 Å². The first-order valence-corrected chi connectivity index (χ1v) is 6.77. The Morgan fingerprint density at radius 1 is 1.43 bits per heavy atom. The van der Waals surface area contributed by atoms with Crippen molar-refractivity contribution in [3.05, 3.63) is 30.2 Å². The zero-order valence-electron chi connectivity index (χ0n) is 12.4. The van der Waals surface area contributed by atoms with Crippen molar-refractivity contribution < 1.29 is 19.2 Å². The van der Waals surface area contributed by atoms with E-state index in [1.165, 1.54) is 0 Å². The van der Waals surface area contributed by atoms with Crippen LogP contribution in [0.5, 0.6) is 0 Å². The van der Waals surface area contributed by atoms with Gasteiger partial charge in [0.2, 0.25) is 5.89 Å². The Morgan fingerprint density at radius 2 is 2.10 bits per heavy atom. The summed E-state index contributed by atoms with van der Waals surface area (Å²) in [6.07, 6.45) is -0.868. The van der Waals surface area contributed by atoms with Crippen LogP contribution >= 0.6 is 0 Å². The van der Waals surface area contributed by atoms with E-state index in [0.717, 1.165) is 0 Å². The van der Waals surface area contributed by atoms with Crippen LogP contribution < -0.4 is 5.90 Å². The summed E-state index contributed by atoms with van der Waals surface area (Å²) in [6, 6.07) is 7.23. The zero-order chi connectivity index (χ0) is 15.6. The maximum Gasteiger partial charge on any atom is 0.328 e. The topological polar surface area (TPSA) is 98.6 Å². The molecule has 1 heterocycles. The minimum absolute atomic E-state index is 0.131. The number of nitrogens with zero attached hydrogens (tertiary/aromatic N) is 1. The van der Waals surface area contributed by atoms with E-state index in [-0.39, 0.29) is 12.3 Å². The molecule has 6 nitrogen and oxygen atoms in total. The van der Waals surface area contributed by atoms with Gasteiger partial charge < -0.3 is 14.4 Å². The number of oxazole rings is 1. The molecule has 2 unspecified atom stereocenters. The number of hydrogen-bond acceptors (Lipinski definition) is 6. The summed E-state index contributed by atoms with van der Waals surface area (Å²) in [7, 11) is 0. The lowest BCUT2D eigenvalue weighted by Gasteiger charge is -2.28. The second kappa shape index (κ2) is 5.83. The third-order valence-corrected chi connectivity index (χ3v) is 3.50. The summed E-state index contributed by atoms with van der Waals surface area (Å²) in [5, 5.41) is 10.3. The fourth-order valence-corrected chi connectivity index (χ4v) is 2.24.